The van der Waals surface area contributed by atoms with Crippen molar-refractivity contribution in [2.45, 2.75) is 37.4 Å². The summed E-state index contributed by atoms with van der Waals surface area (Å²) in [6.07, 6.45) is 0.611. The van der Waals surface area contributed by atoms with E-state index < -0.39 is 5.72 Å². The molecule has 1 unspecified atom stereocenters. The number of fused-ring (bicyclic) bond motifs is 10. The van der Waals surface area contributed by atoms with Gasteiger partial charge in [0.2, 0.25) is 0 Å². The number of ether oxygens (including phenoxy) is 2. The van der Waals surface area contributed by atoms with Gasteiger partial charge >= 0.3 is 0 Å². The smallest absolute Gasteiger partial charge is 0.173 e. The second-order valence-corrected chi connectivity index (χ2v) is 9.04. The molecule has 1 fully saturated rings. The molecule has 5 nitrogen and oxygen atoms in total. The average molecular weight is 412 g/mol. The zero-order valence-electron chi connectivity index (χ0n) is 17.9. The molecule has 1 N–H and O–H groups in total. The van der Waals surface area contributed by atoms with E-state index >= 15 is 0 Å². The van der Waals surface area contributed by atoms with Gasteiger partial charge in [-0.3, -0.25) is 0 Å². The molecule has 0 saturated carbocycles. The third kappa shape index (κ3) is 2.02. The molecule has 4 heterocycles. The molecule has 31 heavy (non-hydrogen) atoms. The first-order chi connectivity index (χ1) is 15.2. The highest BCUT2D eigenvalue weighted by molar-refractivity contribution is 6.18. The van der Waals surface area contributed by atoms with E-state index in [9.17, 15) is 0 Å². The molecule has 0 amide bonds. The maximum atomic E-state index is 7.05. The van der Waals surface area contributed by atoms with E-state index in [1.807, 2.05) is 7.05 Å². The Morgan fingerprint density at radius 1 is 0.903 bits per heavy atom. The third-order valence-electron chi connectivity index (χ3n) is 7.58. The Kier molecular flexibility index (Phi) is 3.38. The molecule has 4 bridgehead atoms. The van der Waals surface area contributed by atoms with E-state index in [-0.39, 0.29) is 18.4 Å². The van der Waals surface area contributed by atoms with Crippen molar-refractivity contribution in [3.63, 3.8) is 0 Å². The zero-order valence-corrected chi connectivity index (χ0v) is 17.9. The molecule has 0 radical (unpaired) electrons. The Bertz CT molecular complexity index is 1510. The fraction of sp³-hybridized carbons (Fsp3) is 0.308. The predicted octanol–water partition coefficient (Wildman–Crippen LogP) is 5.11. The van der Waals surface area contributed by atoms with Gasteiger partial charge in [0.25, 0.3) is 0 Å². The van der Waals surface area contributed by atoms with Gasteiger partial charge in [-0.15, -0.1) is 0 Å². The Morgan fingerprint density at radius 3 is 2.32 bits per heavy atom. The average Bonchev–Trinajstić information content (AvgIpc) is 3.28. The van der Waals surface area contributed by atoms with Crippen LogP contribution in [0.3, 0.4) is 0 Å². The van der Waals surface area contributed by atoms with E-state index in [4.69, 9.17) is 9.47 Å². The zero-order chi connectivity index (χ0) is 20.9. The SMILES string of the molecule is CNC1C[C@H]2O[C@@](C)([C@@H]1OC)n1c3ccccc3c3cc4c5ccccc5n2c4cc31. The van der Waals surface area contributed by atoms with Crippen molar-refractivity contribution in [3.8, 4) is 0 Å². The minimum absolute atomic E-state index is 0.0944. The van der Waals surface area contributed by atoms with Crippen LogP contribution in [0.25, 0.3) is 43.6 Å². The number of aromatic nitrogens is 2. The largest absolute Gasteiger partial charge is 0.375 e. The molecule has 2 aromatic heterocycles. The van der Waals surface area contributed by atoms with Crippen molar-refractivity contribution >= 4 is 43.6 Å². The topological polar surface area (TPSA) is 40.4 Å². The normalized spacial score (nSPS) is 27.6. The third-order valence-corrected chi connectivity index (χ3v) is 7.58. The number of nitrogens with one attached hydrogen (secondary N) is 1. The lowest BCUT2D eigenvalue weighted by Crippen LogP contribution is -2.60. The predicted molar refractivity (Wildman–Crippen MR) is 124 cm³/mol. The van der Waals surface area contributed by atoms with Crippen LogP contribution in [0.4, 0.5) is 0 Å². The van der Waals surface area contributed by atoms with Crippen LogP contribution in [0.1, 0.15) is 19.6 Å². The first-order valence-electron chi connectivity index (χ1n) is 11.0. The summed E-state index contributed by atoms with van der Waals surface area (Å²) in [5.41, 5.74) is 4.17. The van der Waals surface area contributed by atoms with Crippen molar-refractivity contribution in [1.82, 2.24) is 14.5 Å². The Balaban J connectivity index is 1.75. The van der Waals surface area contributed by atoms with Crippen molar-refractivity contribution in [2.75, 3.05) is 14.2 Å². The van der Waals surface area contributed by atoms with Crippen LogP contribution in [-0.4, -0.2) is 35.4 Å². The summed E-state index contributed by atoms with van der Waals surface area (Å²) in [7, 11) is 3.82. The number of likely N-dealkylation sites (N-methyl/N-ethyl adjacent to an activating group) is 1. The maximum Gasteiger partial charge on any atom is 0.173 e. The lowest BCUT2D eigenvalue weighted by Gasteiger charge is -2.50. The second kappa shape index (κ2) is 5.88. The second-order valence-electron chi connectivity index (χ2n) is 9.04. The standard InChI is InChI=1S/C26H25N3O2/c1-26-25(30-3)19(27-2)13-24(31-26)28-20-10-6-4-8-15(20)17-12-18-16-9-5-7-11-21(16)29(26)23(18)14-22(17)28/h4-12,14,19,24-25,27H,13H2,1-3H3/t19?,24-,25-,26+/m1/s1. The van der Waals surface area contributed by atoms with Gasteiger partial charge in [0.05, 0.1) is 22.1 Å². The van der Waals surface area contributed by atoms with Crippen LogP contribution >= 0.6 is 0 Å². The number of rotatable bonds is 2. The molecule has 4 atom stereocenters. The van der Waals surface area contributed by atoms with Crippen LogP contribution in [0.15, 0.2) is 60.7 Å². The number of benzene rings is 3. The van der Waals surface area contributed by atoms with Crippen LogP contribution in [0, 0.1) is 0 Å². The van der Waals surface area contributed by atoms with Crippen LogP contribution in [-0.2, 0) is 15.2 Å². The minimum atomic E-state index is -0.663. The first kappa shape index (κ1) is 17.8. The van der Waals surface area contributed by atoms with Gasteiger partial charge in [0.15, 0.2) is 5.72 Å². The maximum absolute atomic E-state index is 7.05. The van der Waals surface area contributed by atoms with Crippen molar-refractivity contribution in [3.05, 3.63) is 60.7 Å². The van der Waals surface area contributed by atoms with Gasteiger partial charge < -0.3 is 23.9 Å². The summed E-state index contributed by atoms with van der Waals surface area (Å²) in [4.78, 5) is 0. The Hall–Kier alpha value is -2.86. The van der Waals surface area contributed by atoms with E-state index in [2.05, 4.69) is 82.0 Å². The van der Waals surface area contributed by atoms with Crippen LogP contribution in [0.5, 0.6) is 0 Å². The molecule has 7 rings (SSSR count). The molecule has 156 valence electrons. The van der Waals surface area contributed by atoms with E-state index in [1.165, 1.54) is 43.6 Å². The number of nitrogens with zero attached hydrogens (tertiary/aromatic N) is 2. The molecule has 3 aromatic carbocycles. The molecule has 0 aliphatic carbocycles. The summed E-state index contributed by atoms with van der Waals surface area (Å²) in [6.45, 7) is 2.18. The Labute approximate surface area is 180 Å². The molecule has 2 aliphatic rings. The number of para-hydroxylation sites is 2. The highest BCUT2D eigenvalue weighted by atomic mass is 16.6. The van der Waals surface area contributed by atoms with Crippen LogP contribution in [0.2, 0.25) is 0 Å². The molecule has 5 heteroatoms. The van der Waals surface area contributed by atoms with Crippen molar-refractivity contribution in [1.29, 1.82) is 0 Å². The quantitative estimate of drug-likeness (QED) is 0.439. The summed E-state index contributed by atoms with van der Waals surface area (Å²) in [5.74, 6) is 0. The van der Waals surface area contributed by atoms with E-state index in [0.29, 0.717) is 0 Å². The van der Waals surface area contributed by atoms with Gasteiger partial charge in [0.1, 0.15) is 12.3 Å². The first-order valence-corrected chi connectivity index (χ1v) is 11.0. The number of hydrogen-bond donors (Lipinski definition) is 1. The van der Waals surface area contributed by atoms with Gasteiger partial charge in [-0.05, 0) is 38.2 Å². The van der Waals surface area contributed by atoms with Gasteiger partial charge in [-0.1, -0.05) is 36.4 Å². The van der Waals surface area contributed by atoms with Gasteiger partial charge in [-0.25, -0.2) is 0 Å². The molecule has 1 saturated heterocycles. The monoisotopic (exact) mass is 411 g/mol. The van der Waals surface area contributed by atoms with Crippen molar-refractivity contribution < 1.29 is 9.47 Å². The minimum Gasteiger partial charge on any atom is -0.375 e. The van der Waals surface area contributed by atoms with E-state index in [1.54, 1.807) is 7.11 Å². The summed E-state index contributed by atoms with van der Waals surface area (Å²) < 4.78 is 18.0. The van der Waals surface area contributed by atoms with Crippen molar-refractivity contribution in [2.24, 2.45) is 0 Å². The summed E-state index contributed by atoms with van der Waals surface area (Å²) in [5, 5.41) is 8.60. The lowest BCUT2D eigenvalue weighted by atomic mass is 9.92. The fourth-order valence-corrected chi connectivity index (χ4v) is 6.34. The molecular weight excluding hydrogens is 386 g/mol. The number of methoxy groups -OCH3 is 1. The van der Waals surface area contributed by atoms with Gasteiger partial charge in [-0.2, -0.15) is 0 Å². The highest BCUT2D eigenvalue weighted by Gasteiger charge is 2.51. The lowest BCUT2D eigenvalue weighted by molar-refractivity contribution is -0.258. The summed E-state index contributed by atoms with van der Waals surface area (Å²) >= 11 is 0. The summed E-state index contributed by atoms with van der Waals surface area (Å²) in [6, 6.07) is 22.2. The fourth-order valence-electron chi connectivity index (χ4n) is 6.34. The highest BCUT2D eigenvalue weighted by Crippen LogP contribution is 2.49. The van der Waals surface area contributed by atoms with Crippen LogP contribution < -0.4 is 5.32 Å². The molecule has 0 spiro atoms. The molecule has 5 aromatic rings. The molecule has 2 aliphatic heterocycles. The van der Waals surface area contributed by atoms with Gasteiger partial charge in [0, 0.05) is 41.1 Å². The van der Waals surface area contributed by atoms with E-state index in [0.717, 1.165) is 6.42 Å². The molecular formula is C26H25N3O2. The Morgan fingerprint density at radius 2 is 1.58 bits per heavy atom. The number of hydrogen-bond acceptors (Lipinski definition) is 3.